The van der Waals surface area contributed by atoms with Crippen LogP contribution in [0, 0.1) is 13.8 Å². The van der Waals surface area contributed by atoms with E-state index in [4.69, 9.17) is 4.74 Å². The zero-order chi connectivity index (χ0) is 20.6. The van der Waals surface area contributed by atoms with E-state index in [1.807, 2.05) is 80.6 Å². The molecule has 1 aromatic heterocycles. The summed E-state index contributed by atoms with van der Waals surface area (Å²) in [5, 5.41) is 7.21. The highest BCUT2D eigenvalue weighted by Crippen LogP contribution is 2.18. The monoisotopic (exact) mass is 391 g/mol. The van der Waals surface area contributed by atoms with Crippen LogP contribution in [0.15, 0.2) is 66.7 Å². The third-order valence-electron chi connectivity index (χ3n) is 4.57. The molecule has 1 unspecified atom stereocenters. The van der Waals surface area contributed by atoms with E-state index in [0.717, 1.165) is 22.5 Å². The molecule has 150 valence electrons. The van der Waals surface area contributed by atoms with Gasteiger partial charge in [-0.1, -0.05) is 60.7 Å². The van der Waals surface area contributed by atoms with Crippen LogP contribution in [0.2, 0.25) is 0 Å². The molecule has 0 bridgehead atoms. The zero-order valence-electron chi connectivity index (χ0n) is 16.7. The molecule has 1 amide bonds. The normalized spacial score (nSPS) is 11.7. The molecule has 1 heterocycles. The van der Waals surface area contributed by atoms with E-state index in [9.17, 15) is 9.59 Å². The van der Waals surface area contributed by atoms with E-state index in [0.29, 0.717) is 6.42 Å². The van der Waals surface area contributed by atoms with Gasteiger partial charge in [-0.15, -0.1) is 0 Å². The quantitative estimate of drug-likeness (QED) is 0.599. The summed E-state index contributed by atoms with van der Waals surface area (Å²) in [6.45, 7) is 3.39. The highest BCUT2D eigenvalue weighted by atomic mass is 16.5. The number of carbonyl (C=O) groups is 2. The second kappa shape index (κ2) is 9.68. The molecule has 3 aromatic rings. The number of nitrogens with one attached hydrogen (secondary N) is 1. The average Bonchev–Trinajstić information content (AvgIpc) is 3.04. The number of ether oxygens (including phenoxy) is 1. The van der Waals surface area contributed by atoms with Crippen molar-refractivity contribution in [2.45, 2.75) is 32.9 Å². The van der Waals surface area contributed by atoms with Gasteiger partial charge in [-0.25, -0.2) is 0 Å². The molecule has 0 aliphatic rings. The lowest BCUT2D eigenvalue weighted by Gasteiger charge is -2.19. The van der Waals surface area contributed by atoms with Gasteiger partial charge in [0.05, 0.1) is 11.7 Å². The first-order valence-electron chi connectivity index (χ1n) is 9.56. The Balaban J connectivity index is 1.58. The van der Waals surface area contributed by atoms with Gasteiger partial charge in [-0.3, -0.25) is 14.3 Å². The van der Waals surface area contributed by atoms with Crippen molar-refractivity contribution in [1.29, 1.82) is 0 Å². The summed E-state index contributed by atoms with van der Waals surface area (Å²) in [4.78, 5) is 24.5. The van der Waals surface area contributed by atoms with Crippen LogP contribution >= 0.6 is 0 Å². The maximum atomic E-state index is 12.4. The summed E-state index contributed by atoms with van der Waals surface area (Å²) in [6.07, 6.45) is 0.649. The standard InChI is InChI=1S/C23H25N3O3/c1-17-13-18(2)26(25-17)15-23(28)29-16-22(27)24-21(20-11-7-4-8-12-20)14-19-9-5-3-6-10-19/h3-13,21H,14-16H2,1-2H3,(H,24,27). The first-order valence-corrected chi connectivity index (χ1v) is 9.56. The lowest BCUT2D eigenvalue weighted by atomic mass is 9.99. The molecule has 0 aliphatic carbocycles. The number of rotatable bonds is 8. The molecular weight excluding hydrogens is 366 g/mol. The van der Waals surface area contributed by atoms with Gasteiger partial charge in [0, 0.05) is 5.69 Å². The van der Waals surface area contributed by atoms with Gasteiger partial charge in [0.2, 0.25) is 0 Å². The number of esters is 1. The molecule has 2 aromatic carbocycles. The molecule has 0 aliphatic heterocycles. The molecule has 1 N–H and O–H groups in total. The largest absolute Gasteiger partial charge is 0.454 e. The van der Waals surface area contributed by atoms with Gasteiger partial charge in [-0.05, 0) is 37.5 Å². The molecule has 0 saturated heterocycles. The van der Waals surface area contributed by atoms with Crippen molar-refractivity contribution in [2.75, 3.05) is 6.61 Å². The molecule has 1 atom stereocenters. The van der Waals surface area contributed by atoms with Crippen LogP contribution in [0.4, 0.5) is 0 Å². The summed E-state index contributed by atoms with van der Waals surface area (Å²) >= 11 is 0. The Bertz CT molecular complexity index is 952. The summed E-state index contributed by atoms with van der Waals surface area (Å²) in [5.74, 6) is -0.831. The summed E-state index contributed by atoms with van der Waals surface area (Å²) in [7, 11) is 0. The number of benzene rings is 2. The van der Waals surface area contributed by atoms with Crippen molar-refractivity contribution in [1.82, 2.24) is 15.1 Å². The van der Waals surface area contributed by atoms with Crippen LogP contribution in [0.3, 0.4) is 0 Å². The van der Waals surface area contributed by atoms with E-state index in [1.165, 1.54) is 0 Å². The number of aryl methyl sites for hydroxylation is 2. The Morgan fingerprint density at radius 3 is 2.31 bits per heavy atom. The van der Waals surface area contributed by atoms with E-state index in [2.05, 4.69) is 10.4 Å². The van der Waals surface area contributed by atoms with Crippen molar-refractivity contribution in [3.05, 3.63) is 89.2 Å². The van der Waals surface area contributed by atoms with E-state index in [1.54, 1.807) is 4.68 Å². The molecule has 0 radical (unpaired) electrons. The number of nitrogens with zero attached hydrogens (tertiary/aromatic N) is 2. The van der Waals surface area contributed by atoms with Gasteiger partial charge in [0.1, 0.15) is 6.54 Å². The van der Waals surface area contributed by atoms with E-state index >= 15 is 0 Å². The lowest BCUT2D eigenvalue weighted by Crippen LogP contribution is -2.34. The highest BCUT2D eigenvalue weighted by Gasteiger charge is 2.17. The van der Waals surface area contributed by atoms with Crippen molar-refractivity contribution >= 4 is 11.9 Å². The Labute approximate surface area is 170 Å². The second-order valence-corrected chi connectivity index (χ2v) is 6.97. The Morgan fingerprint density at radius 2 is 1.69 bits per heavy atom. The fourth-order valence-corrected chi connectivity index (χ4v) is 3.17. The van der Waals surface area contributed by atoms with Crippen LogP contribution < -0.4 is 5.32 Å². The number of hydrogen-bond acceptors (Lipinski definition) is 4. The first-order chi connectivity index (χ1) is 14.0. The summed E-state index contributed by atoms with van der Waals surface area (Å²) < 4.78 is 6.71. The topological polar surface area (TPSA) is 73.2 Å². The zero-order valence-corrected chi connectivity index (χ0v) is 16.7. The minimum Gasteiger partial charge on any atom is -0.454 e. The minimum atomic E-state index is -0.495. The van der Waals surface area contributed by atoms with Gasteiger partial charge in [0.25, 0.3) is 5.91 Å². The predicted octanol–water partition coefficient (Wildman–Crippen LogP) is 3.14. The third kappa shape index (κ3) is 6.04. The van der Waals surface area contributed by atoms with Crippen molar-refractivity contribution in [2.24, 2.45) is 0 Å². The van der Waals surface area contributed by atoms with Crippen LogP contribution in [0.5, 0.6) is 0 Å². The molecule has 3 rings (SSSR count). The van der Waals surface area contributed by atoms with Crippen molar-refractivity contribution in [3.63, 3.8) is 0 Å². The Kier molecular flexibility index (Phi) is 6.79. The van der Waals surface area contributed by atoms with Crippen LogP contribution in [0.1, 0.15) is 28.6 Å². The predicted molar refractivity (Wildman–Crippen MR) is 110 cm³/mol. The fourth-order valence-electron chi connectivity index (χ4n) is 3.17. The summed E-state index contributed by atoms with van der Waals surface area (Å²) in [5.41, 5.74) is 3.82. The third-order valence-corrected chi connectivity index (χ3v) is 4.57. The Hall–Kier alpha value is -3.41. The lowest BCUT2D eigenvalue weighted by molar-refractivity contribution is -0.149. The van der Waals surface area contributed by atoms with Crippen molar-refractivity contribution in [3.8, 4) is 0 Å². The number of amides is 1. The van der Waals surface area contributed by atoms with Gasteiger partial charge < -0.3 is 10.1 Å². The second-order valence-electron chi connectivity index (χ2n) is 6.97. The fraction of sp³-hybridized carbons (Fsp3) is 0.261. The maximum Gasteiger partial charge on any atom is 0.328 e. The van der Waals surface area contributed by atoms with Crippen molar-refractivity contribution < 1.29 is 14.3 Å². The summed E-state index contributed by atoms with van der Waals surface area (Å²) in [6, 6.07) is 21.4. The van der Waals surface area contributed by atoms with E-state index < -0.39 is 5.97 Å². The molecule has 0 spiro atoms. The first kappa shape index (κ1) is 20.3. The Morgan fingerprint density at radius 1 is 1.03 bits per heavy atom. The average molecular weight is 391 g/mol. The number of carbonyl (C=O) groups excluding carboxylic acids is 2. The molecule has 6 heteroatoms. The van der Waals surface area contributed by atoms with Gasteiger partial charge in [0.15, 0.2) is 6.61 Å². The maximum absolute atomic E-state index is 12.4. The SMILES string of the molecule is Cc1cc(C)n(CC(=O)OCC(=O)NC(Cc2ccccc2)c2ccccc2)n1. The number of aromatic nitrogens is 2. The molecule has 0 saturated carbocycles. The smallest absolute Gasteiger partial charge is 0.328 e. The molecule has 0 fully saturated rings. The van der Waals surface area contributed by atoms with Gasteiger partial charge in [-0.2, -0.15) is 5.10 Å². The minimum absolute atomic E-state index is 0.0148. The van der Waals surface area contributed by atoms with Crippen LogP contribution in [-0.4, -0.2) is 28.3 Å². The van der Waals surface area contributed by atoms with E-state index in [-0.39, 0.29) is 25.1 Å². The molecule has 6 nitrogen and oxygen atoms in total. The molecule has 29 heavy (non-hydrogen) atoms. The van der Waals surface area contributed by atoms with Gasteiger partial charge >= 0.3 is 5.97 Å². The van der Waals surface area contributed by atoms with Crippen LogP contribution in [-0.2, 0) is 27.3 Å². The molecular formula is C23H25N3O3. The van der Waals surface area contributed by atoms with Crippen LogP contribution in [0.25, 0.3) is 0 Å². The highest BCUT2D eigenvalue weighted by molar-refractivity contribution is 5.80. The number of hydrogen-bond donors (Lipinski definition) is 1.